The molecule has 8 heteroatoms. The smallest absolute Gasteiger partial charge is 0.197 e. The number of fused-ring (bicyclic) bond motifs is 1. The lowest BCUT2D eigenvalue weighted by Gasteiger charge is -2.17. The molecule has 1 fully saturated rings. The van der Waals surface area contributed by atoms with Crippen LogP contribution in [0.2, 0.25) is 0 Å². The Morgan fingerprint density at radius 3 is 2.90 bits per heavy atom. The minimum absolute atomic E-state index is 0.115. The Balaban J connectivity index is 1.34. The lowest BCUT2D eigenvalue weighted by Crippen LogP contribution is -2.21. The van der Waals surface area contributed by atoms with Gasteiger partial charge in [-0.1, -0.05) is 12.1 Å². The van der Waals surface area contributed by atoms with Crippen molar-refractivity contribution in [3.63, 3.8) is 0 Å². The lowest BCUT2D eigenvalue weighted by atomic mass is 10.2. The fraction of sp³-hybridized carbons (Fsp3) is 0.455. The first kappa shape index (κ1) is 21.0. The summed E-state index contributed by atoms with van der Waals surface area (Å²) in [4.78, 5) is 12.0. The summed E-state index contributed by atoms with van der Waals surface area (Å²) in [6, 6.07) is 9.50. The molecule has 0 saturated carbocycles. The van der Waals surface area contributed by atoms with Gasteiger partial charge in [0.05, 0.1) is 52.6 Å². The molecule has 1 aliphatic heterocycles. The number of benzene rings is 1. The molecule has 2 atom stereocenters. The van der Waals surface area contributed by atoms with Crippen LogP contribution in [-0.4, -0.2) is 44.3 Å². The van der Waals surface area contributed by atoms with Crippen LogP contribution in [0.1, 0.15) is 37.9 Å². The van der Waals surface area contributed by atoms with Crippen molar-refractivity contribution in [1.29, 1.82) is 0 Å². The molecule has 0 bridgehead atoms. The van der Waals surface area contributed by atoms with E-state index in [-0.39, 0.29) is 11.9 Å². The number of aromatic nitrogens is 3. The summed E-state index contributed by atoms with van der Waals surface area (Å²) in [5, 5.41) is 0.463. The molecule has 7 nitrogen and oxygen atoms in total. The van der Waals surface area contributed by atoms with Crippen LogP contribution in [0.15, 0.2) is 41.7 Å². The van der Waals surface area contributed by atoms with E-state index >= 15 is 0 Å². The first-order valence-corrected chi connectivity index (χ1v) is 11.5. The zero-order valence-corrected chi connectivity index (χ0v) is 18.3. The van der Waals surface area contributed by atoms with Gasteiger partial charge in [0.2, 0.25) is 0 Å². The van der Waals surface area contributed by atoms with Crippen molar-refractivity contribution in [2.75, 3.05) is 13.2 Å². The summed E-state index contributed by atoms with van der Waals surface area (Å²) < 4.78 is 30.2. The SMILES string of the molecule is Cc1c(OCCC[C@H]2COC(C)(C)O2)ccnc1CS(=O)c1nc2ccccc2[nH]1. The zero-order valence-electron chi connectivity index (χ0n) is 17.5. The number of para-hydroxylation sites is 2. The number of nitrogens with one attached hydrogen (secondary N) is 1. The van der Waals surface area contributed by atoms with E-state index < -0.39 is 16.6 Å². The van der Waals surface area contributed by atoms with Crippen molar-refractivity contribution in [3.05, 3.63) is 47.8 Å². The minimum Gasteiger partial charge on any atom is -0.493 e. The maximum Gasteiger partial charge on any atom is 0.197 e. The third kappa shape index (κ3) is 4.88. The van der Waals surface area contributed by atoms with Crippen molar-refractivity contribution < 1.29 is 18.4 Å². The highest BCUT2D eigenvalue weighted by molar-refractivity contribution is 7.84. The second-order valence-corrected chi connectivity index (χ2v) is 9.24. The molecule has 0 aliphatic carbocycles. The fourth-order valence-corrected chi connectivity index (χ4v) is 4.59. The number of ether oxygens (including phenoxy) is 3. The molecule has 160 valence electrons. The summed E-state index contributed by atoms with van der Waals surface area (Å²) >= 11 is 0. The van der Waals surface area contributed by atoms with Gasteiger partial charge in [0.25, 0.3) is 0 Å². The second kappa shape index (κ2) is 8.83. The first-order valence-electron chi connectivity index (χ1n) is 10.1. The summed E-state index contributed by atoms with van der Waals surface area (Å²) in [6.07, 6.45) is 3.57. The van der Waals surface area contributed by atoms with Crippen LogP contribution in [0, 0.1) is 6.92 Å². The minimum atomic E-state index is -1.32. The molecule has 1 unspecified atom stereocenters. The number of imidazole rings is 1. The average molecular weight is 430 g/mol. The standard InChI is InChI=1S/C22H27N3O4S/c1-15-19(14-30(26)21-24-17-8-4-5-9-18(17)25-21)23-11-10-20(15)27-12-6-7-16-13-28-22(2,3)29-16/h4-5,8-11,16H,6-7,12-14H2,1-3H3,(H,24,25)/t16-,30?/m0/s1. The maximum absolute atomic E-state index is 12.8. The van der Waals surface area contributed by atoms with Gasteiger partial charge in [-0.05, 0) is 51.8 Å². The Hall–Kier alpha value is -2.29. The predicted molar refractivity (Wildman–Crippen MR) is 115 cm³/mol. The third-order valence-corrected chi connectivity index (χ3v) is 6.27. The zero-order chi connectivity index (χ0) is 21.1. The molecule has 30 heavy (non-hydrogen) atoms. The largest absolute Gasteiger partial charge is 0.493 e. The lowest BCUT2D eigenvalue weighted by molar-refractivity contribution is -0.139. The van der Waals surface area contributed by atoms with Crippen molar-refractivity contribution in [2.45, 2.75) is 56.4 Å². The number of hydrogen-bond donors (Lipinski definition) is 1. The molecular formula is C22H27N3O4S. The third-order valence-electron chi connectivity index (χ3n) is 5.11. The fourth-order valence-electron chi connectivity index (χ4n) is 3.49. The molecule has 2 aromatic heterocycles. The molecule has 1 N–H and O–H groups in total. The average Bonchev–Trinajstić information content (AvgIpc) is 3.30. The molecule has 0 amide bonds. The van der Waals surface area contributed by atoms with Crippen LogP contribution in [0.4, 0.5) is 0 Å². The van der Waals surface area contributed by atoms with Gasteiger partial charge in [-0.25, -0.2) is 4.98 Å². The van der Waals surface area contributed by atoms with Gasteiger partial charge in [0, 0.05) is 11.8 Å². The Morgan fingerprint density at radius 1 is 1.30 bits per heavy atom. The molecule has 0 spiro atoms. The number of H-pyrrole nitrogens is 1. The normalized spacial score (nSPS) is 19.2. The van der Waals surface area contributed by atoms with Crippen molar-refractivity contribution in [2.24, 2.45) is 0 Å². The number of nitrogens with zero attached hydrogens (tertiary/aromatic N) is 2. The highest BCUT2D eigenvalue weighted by atomic mass is 32.2. The molecule has 1 aliphatic rings. The van der Waals surface area contributed by atoms with Crippen LogP contribution in [0.25, 0.3) is 11.0 Å². The molecule has 1 aromatic carbocycles. The van der Waals surface area contributed by atoms with Crippen LogP contribution >= 0.6 is 0 Å². The summed E-state index contributed by atoms with van der Waals surface area (Å²) in [5.41, 5.74) is 3.34. The summed E-state index contributed by atoms with van der Waals surface area (Å²) in [6.45, 7) is 7.02. The van der Waals surface area contributed by atoms with Crippen LogP contribution in [0.5, 0.6) is 5.75 Å². The van der Waals surface area contributed by atoms with Crippen LogP contribution in [-0.2, 0) is 26.0 Å². The molecule has 3 aromatic rings. The predicted octanol–water partition coefficient (Wildman–Crippen LogP) is 3.88. The van der Waals surface area contributed by atoms with Gasteiger partial charge >= 0.3 is 0 Å². The van der Waals surface area contributed by atoms with Crippen LogP contribution < -0.4 is 4.74 Å². The molecule has 0 radical (unpaired) electrons. The molecule has 3 heterocycles. The Bertz CT molecular complexity index is 1020. The van der Waals surface area contributed by atoms with Crippen molar-refractivity contribution in [3.8, 4) is 5.75 Å². The van der Waals surface area contributed by atoms with Gasteiger partial charge in [0.15, 0.2) is 10.9 Å². The number of aromatic amines is 1. The molecule has 4 rings (SSSR count). The quantitative estimate of drug-likeness (QED) is 0.547. The highest BCUT2D eigenvalue weighted by Crippen LogP contribution is 2.26. The maximum atomic E-state index is 12.8. The number of hydrogen-bond acceptors (Lipinski definition) is 6. The Morgan fingerprint density at radius 2 is 2.13 bits per heavy atom. The Kier molecular flexibility index (Phi) is 6.17. The van der Waals surface area contributed by atoms with Gasteiger partial charge < -0.3 is 19.2 Å². The van der Waals surface area contributed by atoms with Crippen molar-refractivity contribution >= 4 is 21.8 Å². The van der Waals surface area contributed by atoms with Crippen LogP contribution in [0.3, 0.4) is 0 Å². The van der Waals surface area contributed by atoms with E-state index in [1.165, 1.54) is 0 Å². The van der Waals surface area contributed by atoms with E-state index in [0.717, 1.165) is 40.9 Å². The van der Waals surface area contributed by atoms with E-state index in [2.05, 4.69) is 15.0 Å². The number of pyridine rings is 1. The summed E-state index contributed by atoms with van der Waals surface area (Å²) in [5.74, 6) is 0.563. The number of rotatable bonds is 8. The van der Waals surface area contributed by atoms with Crippen molar-refractivity contribution in [1.82, 2.24) is 15.0 Å². The van der Waals surface area contributed by atoms with E-state index in [1.54, 1.807) is 6.20 Å². The van der Waals surface area contributed by atoms with E-state index in [9.17, 15) is 4.21 Å². The highest BCUT2D eigenvalue weighted by Gasteiger charge is 2.32. The van der Waals surface area contributed by atoms with Gasteiger partial charge in [-0.15, -0.1) is 0 Å². The van der Waals surface area contributed by atoms with E-state index in [1.807, 2.05) is 51.1 Å². The van der Waals surface area contributed by atoms with E-state index in [4.69, 9.17) is 14.2 Å². The van der Waals surface area contributed by atoms with Gasteiger partial charge in [-0.2, -0.15) is 0 Å². The topological polar surface area (TPSA) is 86.3 Å². The molecular weight excluding hydrogens is 402 g/mol. The first-order chi connectivity index (χ1) is 14.4. The van der Waals surface area contributed by atoms with Gasteiger partial charge in [-0.3, -0.25) is 9.19 Å². The monoisotopic (exact) mass is 429 g/mol. The van der Waals surface area contributed by atoms with E-state index in [0.29, 0.717) is 18.4 Å². The summed E-state index contributed by atoms with van der Waals surface area (Å²) in [7, 11) is -1.32. The molecule has 1 saturated heterocycles. The Labute approximate surface area is 178 Å². The second-order valence-electron chi connectivity index (χ2n) is 7.87. The van der Waals surface area contributed by atoms with Gasteiger partial charge in [0.1, 0.15) is 5.75 Å².